The fourth-order valence-corrected chi connectivity index (χ4v) is 10.1. The third-order valence-corrected chi connectivity index (χ3v) is 14.9. The molecule has 3 unspecified atom stereocenters. The molecule has 0 spiro atoms. The molecule has 0 rings (SSSR count). The minimum atomic E-state index is -1.09. The monoisotopic (exact) mass is 946 g/mol. The standard InChI is InChI=1S/C62H123NO4/c1-3-5-7-9-11-13-15-17-19-20-21-22-23-24-25-26-27-28-29-30-31-32-33-34-35-36-37-38-39-40-41-43-45-47-49-51-53-55-57-61(66)62(67)63-59(58-64)60(65)56-54-52-50-48-46-44-42-18-16-14-12-10-8-6-4-2/h54,56,59-61,64-66H,3-53,55,57-58H2,1-2H3,(H,63,67)/b56-54+. The maximum absolute atomic E-state index is 12.5. The Balaban J connectivity index is 3.41. The van der Waals surface area contributed by atoms with Crippen molar-refractivity contribution in [3.8, 4) is 0 Å². The molecular weight excluding hydrogens is 823 g/mol. The SMILES string of the molecule is CCCCCCCCCCCCCCC/C=C/C(O)C(CO)NC(=O)C(O)CCCCCCCCCCCCCCCCCCCCCCCCCCCCCCCCCCCCCCCC. The smallest absolute Gasteiger partial charge is 0.249 e. The van der Waals surface area contributed by atoms with Crippen LogP contribution in [0.2, 0.25) is 0 Å². The number of carbonyl (C=O) groups excluding carboxylic acids is 1. The van der Waals surface area contributed by atoms with Gasteiger partial charge in [-0.15, -0.1) is 0 Å². The van der Waals surface area contributed by atoms with Crippen molar-refractivity contribution in [2.45, 2.75) is 372 Å². The molecule has 0 radical (unpaired) electrons. The normalized spacial score (nSPS) is 13.2. The predicted octanol–water partition coefficient (Wildman–Crippen LogP) is 19.5. The van der Waals surface area contributed by atoms with Crippen LogP contribution in [0.3, 0.4) is 0 Å². The van der Waals surface area contributed by atoms with Crippen molar-refractivity contribution in [1.82, 2.24) is 5.32 Å². The van der Waals surface area contributed by atoms with Crippen molar-refractivity contribution in [3.05, 3.63) is 12.2 Å². The van der Waals surface area contributed by atoms with Gasteiger partial charge in [0.05, 0.1) is 18.8 Å². The van der Waals surface area contributed by atoms with Crippen LogP contribution in [0.15, 0.2) is 12.2 Å². The molecule has 4 N–H and O–H groups in total. The molecule has 0 fully saturated rings. The minimum Gasteiger partial charge on any atom is -0.394 e. The fourth-order valence-electron chi connectivity index (χ4n) is 10.1. The molecule has 5 nitrogen and oxygen atoms in total. The summed E-state index contributed by atoms with van der Waals surface area (Å²) in [5.41, 5.74) is 0. The fraction of sp³-hybridized carbons (Fsp3) is 0.952. The third-order valence-electron chi connectivity index (χ3n) is 14.9. The lowest BCUT2D eigenvalue weighted by molar-refractivity contribution is -0.131. The maximum atomic E-state index is 12.5. The first kappa shape index (κ1) is 66.1. The topological polar surface area (TPSA) is 89.8 Å². The van der Waals surface area contributed by atoms with Crippen LogP contribution in [0, 0.1) is 0 Å². The highest BCUT2D eigenvalue weighted by molar-refractivity contribution is 5.80. The number of amides is 1. The second kappa shape index (κ2) is 57.7. The minimum absolute atomic E-state index is 0.359. The zero-order valence-corrected chi connectivity index (χ0v) is 45.8. The summed E-state index contributed by atoms with van der Waals surface area (Å²) in [6.07, 6.45) is 73.4. The summed E-state index contributed by atoms with van der Waals surface area (Å²) >= 11 is 0. The van der Waals surface area contributed by atoms with Gasteiger partial charge in [-0.3, -0.25) is 4.79 Å². The molecule has 0 aromatic heterocycles. The van der Waals surface area contributed by atoms with Crippen molar-refractivity contribution in [1.29, 1.82) is 0 Å². The van der Waals surface area contributed by atoms with E-state index in [4.69, 9.17) is 0 Å². The van der Waals surface area contributed by atoms with Crippen molar-refractivity contribution in [3.63, 3.8) is 0 Å². The molecule has 1 amide bonds. The second-order valence-electron chi connectivity index (χ2n) is 21.6. The second-order valence-corrected chi connectivity index (χ2v) is 21.6. The van der Waals surface area contributed by atoms with Crippen LogP contribution < -0.4 is 5.32 Å². The maximum Gasteiger partial charge on any atom is 0.249 e. The van der Waals surface area contributed by atoms with Gasteiger partial charge in [0.2, 0.25) is 5.91 Å². The molecule has 0 aliphatic carbocycles. The Labute approximate surface area is 420 Å². The molecule has 0 aromatic carbocycles. The van der Waals surface area contributed by atoms with Gasteiger partial charge in [0.15, 0.2) is 0 Å². The van der Waals surface area contributed by atoms with E-state index in [0.717, 1.165) is 32.1 Å². The lowest BCUT2D eigenvalue weighted by atomic mass is 10.0. The quantitative estimate of drug-likeness (QED) is 0.0361. The van der Waals surface area contributed by atoms with Crippen molar-refractivity contribution >= 4 is 5.91 Å². The highest BCUT2D eigenvalue weighted by atomic mass is 16.3. The highest BCUT2D eigenvalue weighted by Crippen LogP contribution is 2.19. The first-order valence-corrected chi connectivity index (χ1v) is 31.0. The van der Waals surface area contributed by atoms with E-state index in [9.17, 15) is 20.1 Å². The van der Waals surface area contributed by atoms with Crippen LogP contribution in [-0.2, 0) is 4.79 Å². The van der Waals surface area contributed by atoms with Crippen LogP contribution in [-0.4, -0.2) is 46.1 Å². The summed E-state index contributed by atoms with van der Waals surface area (Å²) in [7, 11) is 0. The molecule has 0 heterocycles. The summed E-state index contributed by atoms with van der Waals surface area (Å²) in [5.74, 6) is -0.496. The van der Waals surface area contributed by atoms with Crippen molar-refractivity contribution < 1.29 is 20.1 Å². The summed E-state index contributed by atoms with van der Waals surface area (Å²) in [5, 5.41) is 33.3. The van der Waals surface area contributed by atoms with Gasteiger partial charge in [-0.25, -0.2) is 0 Å². The molecule has 0 saturated heterocycles. The summed E-state index contributed by atoms with van der Waals surface area (Å²) in [6.45, 7) is 4.22. The molecule has 400 valence electrons. The first-order chi connectivity index (χ1) is 33.1. The van der Waals surface area contributed by atoms with Crippen LogP contribution in [0.1, 0.15) is 354 Å². The largest absolute Gasteiger partial charge is 0.394 e. The zero-order chi connectivity index (χ0) is 48.6. The molecule has 0 aliphatic rings. The molecular formula is C62H123NO4. The number of hydrogen-bond donors (Lipinski definition) is 4. The van der Waals surface area contributed by atoms with Gasteiger partial charge in [-0.05, 0) is 19.3 Å². The number of aliphatic hydroxyl groups is 3. The van der Waals surface area contributed by atoms with E-state index in [1.165, 1.54) is 302 Å². The molecule has 0 saturated carbocycles. The van der Waals surface area contributed by atoms with E-state index in [0.29, 0.717) is 6.42 Å². The Hall–Kier alpha value is -0.910. The van der Waals surface area contributed by atoms with Gasteiger partial charge < -0.3 is 20.6 Å². The van der Waals surface area contributed by atoms with Crippen molar-refractivity contribution in [2.75, 3.05) is 6.61 Å². The van der Waals surface area contributed by atoms with Gasteiger partial charge in [0.1, 0.15) is 6.10 Å². The Morgan fingerprint density at radius 3 is 0.821 bits per heavy atom. The number of unbranched alkanes of at least 4 members (excludes halogenated alkanes) is 50. The number of hydrogen-bond acceptors (Lipinski definition) is 4. The van der Waals surface area contributed by atoms with Crippen molar-refractivity contribution in [2.24, 2.45) is 0 Å². The molecule has 67 heavy (non-hydrogen) atoms. The van der Waals surface area contributed by atoms with Gasteiger partial charge in [-0.2, -0.15) is 0 Å². The van der Waals surface area contributed by atoms with E-state index < -0.39 is 24.2 Å². The lowest BCUT2D eigenvalue weighted by Gasteiger charge is -2.21. The van der Waals surface area contributed by atoms with E-state index in [1.54, 1.807) is 6.08 Å². The Bertz CT molecular complexity index is 956. The summed E-state index contributed by atoms with van der Waals surface area (Å²) in [6, 6.07) is -0.794. The van der Waals surface area contributed by atoms with Gasteiger partial charge >= 0.3 is 0 Å². The third kappa shape index (κ3) is 52.7. The average molecular weight is 947 g/mol. The summed E-state index contributed by atoms with van der Waals surface area (Å²) < 4.78 is 0. The predicted molar refractivity (Wildman–Crippen MR) is 296 cm³/mol. The van der Waals surface area contributed by atoms with E-state index in [1.807, 2.05) is 6.08 Å². The van der Waals surface area contributed by atoms with Gasteiger partial charge in [-0.1, -0.05) is 347 Å². The van der Waals surface area contributed by atoms with E-state index in [-0.39, 0.29) is 6.61 Å². The molecule has 0 bridgehead atoms. The zero-order valence-electron chi connectivity index (χ0n) is 45.8. The Morgan fingerprint density at radius 2 is 0.582 bits per heavy atom. The van der Waals surface area contributed by atoms with Crippen LogP contribution in [0.5, 0.6) is 0 Å². The Kier molecular flexibility index (Phi) is 56.9. The Morgan fingerprint density at radius 1 is 0.358 bits per heavy atom. The molecule has 0 aromatic rings. The summed E-state index contributed by atoms with van der Waals surface area (Å²) in [4.78, 5) is 12.5. The van der Waals surface area contributed by atoms with Gasteiger partial charge in [0, 0.05) is 0 Å². The molecule has 3 atom stereocenters. The first-order valence-electron chi connectivity index (χ1n) is 31.0. The van der Waals surface area contributed by atoms with E-state index >= 15 is 0 Å². The number of carbonyl (C=O) groups is 1. The lowest BCUT2D eigenvalue weighted by Crippen LogP contribution is -2.48. The number of allylic oxidation sites excluding steroid dienone is 1. The van der Waals surface area contributed by atoms with E-state index in [2.05, 4.69) is 19.2 Å². The number of nitrogens with one attached hydrogen (secondary N) is 1. The van der Waals surface area contributed by atoms with Crippen LogP contribution >= 0.6 is 0 Å². The number of rotatable bonds is 58. The van der Waals surface area contributed by atoms with Crippen LogP contribution in [0.25, 0.3) is 0 Å². The molecule has 5 heteroatoms. The average Bonchev–Trinajstić information content (AvgIpc) is 3.33. The highest BCUT2D eigenvalue weighted by Gasteiger charge is 2.22. The van der Waals surface area contributed by atoms with Gasteiger partial charge in [0.25, 0.3) is 0 Å². The number of aliphatic hydroxyl groups excluding tert-OH is 3. The van der Waals surface area contributed by atoms with Crippen LogP contribution in [0.4, 0.5) is 0 Å². The molecule has 0 aliphatic heterocycles.